The Morgan fingerprint density at radius 1 is 1.64 bits per heavy atom. The van der Waals surface area contributed by atoms with E-state index in [-0.39, 0.29) is 6.10 Å². The van der Waals surface area contributed by atoms with Crippen molar-refractivity contribution in [3.05, 3.63) is 11.1 Å². The van der Waals surface area contributed by atoms with Crippen LogP contribution >= 0.6 is 0 Å². The van der Waals surface area contributed by atoms with E-state index < -0.39 is 5.97 Å². The zero-order valence-corrected chi connectivity index (χ0v) is 9.04. The lowest BCUT2D eigenvalue weighted by Gasteiger charge is -2.11. The van der Waals surface area contributed by atoms with Crippen LogP contribution in [0.25, 0.3) is 0 Å². The first-order chi connectivity index (χ1) is 6.56. The highest BCUT2D eigenvalue weighted by Gasteiger charge is 2.26. The van der Waals surface area contributed by atoms with Crippen molar-refractivity contribution in [2.24, 2.45) is 5.92 Å². The Balaban J connectivity index is 2.76. The molecule has 0 aromatic rings. The third-order valence-corrected chi connectivity index (χ3v) is 2.70. The molecule has 1 saturated heterocycles. The molecule has 1 N–H and O–H groups in total. The van der Waals surface area contributed by atoms with Crippen molar-refractivity contribution in [2.75, 3.05) is 6.61 Å². The Hall–Kier alpha value is -0.830. The van der Waals surface area contributed by atoms with E-state index >= 15 is 0 Å². The summed E-state index contributed by atoms with van der Waals surface area (Å²) in [7, 11) is 0. The van der Waals surface area contributed by atoms with Crippen molar-refractivity contribution in [3.8, 4) is 0 Å². The van der Waals surface area contributed by atoms with Crippen molar-refractivity contribution >= 4 is 5.97 Å². The first-order valence-corrected chi connectivity index (χ1v) is 5.12. The van der Waals surface area contributed by atoms with Gasteiger partial charge in [-0.05, 0) is 24.3 Å². The highest BCUT2D eigenvalue weighted by atomic mass is 16.5. The molecule has 1 heterocycles. The number of ether oxygens (including phenoxy) is 1. The van der Waals surface area contributed by atoms with E-state index in [2.05, 4.69) is 13.8 Å². The summed E-state index contributed by atoms with van der Waals surface area (Å²) in [5.74, 6) is -0.338. The first kappa shape index (κ1) is 11.2. The number of carboxylic acids is 1. The van der Waals surface area contributed by atoms with Gasteiger partial charge in [0, 0.05) is 5.57 Å². The summed E-state index contributed by atoms with van der Waals surface area (Å²) in [6, 6.07) is 0. The fourth-order valence-electron chi connectivity index (χ4n) is 1.76. The fraction of sp³-hybridized carbons (Fsp3) is 0.727. The maximum atomic E-state index is 10.9. The van der Waals surface area contributed by atoms with Gasteiger partial charge in [0.05, 0.1) is 12.7 Å². The van der Waals surface area contributed by atoms with Gasteiger partial charge in [0.2, 0.25) is 0 Å². The molecule has 14 heavy (non-hydrogen) atoms. The number of hydrogen-bond acceptors (Lipinski definition) is 2. The molecule has 1 aliphatic heterocycles. The standard InChI is InChI=1S/C11H18O3/c1-4-9(11(12)13)8-5-10(7(2)3)14-6-8/h7,10H,4-6H2,1-3H3,(H,12,13)/b9-8-. The SMILES string of the molecule is CC/C(C(=O)O)=C1/COC(C(C)C)C1. The lowest BCUT2D eigenvalue weighted by molar-refractivity contribution is -0.132. The second-order valence-electron chi connectivity index (χ2n) is 4.04. The quantitative estimate of drug-likeness (QED) is 0.707. The van der Waals surface area contributed by atoms with Crippen LogP contribution in [0.1, 0.15) is 33.6 Å². The molecule has 0 saturated carbocycles. The highest BCUT2D eigenvalue weighted by molar-refractivity contribution is 5.87. The Morgan fingerprint density at radius 2 is 2.29 bits per heavy atom. The number of rotatable bonds is 3. The smallest absolute Gasteiger partial charge is 0.331 e. The molecule has 1 atom stereocenters. The normalized spacial score (nSPS) is 25.6. The van der Waals surface area contributed by atoms with Gasteiger partial charge in [0.15, 0.2) is 0 Å². The highest BCUT2D eigenvalue weighted by Crippen LogP contribution is 2.27. The zero-order chi connectivity index (χ0) is 10.7. The maximum Gasteiger partial charge on any atom is 0.331 e. The molecule has 3 nitrogen and oxygen atoms in total. The van der Waals surface area contributed by atoms with E-state index in [1.807, 2.05) is 6.92 Å². The Kier molecular flexibility index (Phi) is 3.69. The van der Waals surface area contributed by atoms with E-state index in [9.17, 15) is 4.79 Å². The van der Waals surface area contributed by atoms with E-state index in [1.165, 1.54) is 0 Å². The Labute approximate surface area is 84.8 Å². The summed E-state index contributed by atoms with van der Waals surface area (Å²) in [4.78, 5) is 10.9. The number of aliphatic carboxylic acids is 1. The second kappa shape index (κ2) is 4.60. The summed E-state index contributed by atoms with van der Waals surface area (Å²) in [5, 5.41) is 8.95. The van der Waals surface area contributed by atoms with E-state index in [0.29, 0.717) is 24.5 Å². The van der Waals surface area contributed by atoms with Crippen molar-refractivity contribution in [1.82, 2.24) is 0 Å². The molecular formula is C11H18O3. The molecule has 0 aromatic heterocycles. The van der Waals surface area contributed by atoms with Gasteiger partial charge < -0.3 is 9.84 Å². The summed E-state index contributed by atoms with van der Waals surface area (Å²) in [5.41, 5.74) is 1.51. The largest absolute Gasteiger partial charge is 0.478 e. The molecule has 0 amide bonds. The lowest BCUT2D eigenvalue weighted by atomic mass is 9.98. The first-order valence-electron chi connectivity index (χ1n) is 5.12. The molecule has 0 radical (unpaired) electrons. The molecule has 0 bridgehead atoms. The fourth-order valence-corrected chi connectivity index (χ4v) is 1.76. The van der Waals surface area contributed by atoms with Crippen LogP contribution in [0.5, 0.6) is 0 Å². The molecular weight excluding hydrogens is 180 g/mol. The molecule has 0 spiro atoms. The van der Waals surface area contributed by atoms with E-state index in [4.69, 9.17) is 9.84 Å². The van der Waals surface area contributed by atoms with Gasteiger partial charge in [-0.15, -0.1) is 0 Å². The van der Waals surface area contributed by atoms with Crippen LogP contribution in [-0.2, 0) is 9.53 Å². The van der Waals surface area contributed by atoms with Crippen molar-refractivity contribution < 1.29 is 14.6 Å². The molecule has 0 aliphatic carbocycles. The number of carboxylic acid groups (broad SMARTS) is 1. The summed E-state index contributed by atoms with van der Waals surface area (Å²) in [6.45, 7) is 6.57. The van der Waals surface area contributed by atoms with Gasteiger partial charge in [0.25, 0.3) is 0 Å². The average Bonchev–Trinajstić information content (AvgIpc) is 2.53. The summed E-state index contributed by atoms with van der Waals surface area (Å²) >= 11 is 0. The van der Waals surface area contributed by atoms with Gasteiger partial charge in [-0.1, -0.05) is 20.8 Å². The van der Waals surface area contributed by atoms with E-state index in [1.54, 1.807) is 0 Å². The van der Waals surface area contributed by atoms with Gasteiger partial charge in [-0.2, -0.15) is 0 Å². The average molecular weight is 198 g/mol. The van der Waals surface area contributed by atoms with Crippen LogP contribution in [0.2, 0.25) is 0 Å². The molecule has 80 valence electrons. The summed E-state index contributed by atoms with van der Waals surface area (Å²) < 4.78 is 5.54. The Bertz CT molecular complexity index is 253. The van der Waals surface area contributed by atoms with Gasteiger partial charge in [0.1, 0.15) is 0 Å². The zero-order valence-electron chi connectivity index (χ0n) is 9.04. The van der Waals surface area contributed by atoms with Gasteiger partial charge >= 0.3 is 5.97 Å². The van der Waals surface area contributed by atoms with Gasteiger partial charge in [-0.3, -0.25) is 0 Å². The van der Waals surface area contributed by atoms with Crippen LogP contribution in [0.4, 0.5) is 0 Å². The maximum absolute atomic E-state index is 10.9. The van der Waals surface area contributed by atoms with Crippen molar-refractivity contribution in [3.63, 3.8) is 0 Å². The van der Waals surface area contributed by atoms with Crippen LogP contribution < -0.4 is 0 Å². The Morgan fingerprint density at radius 3 is 2.64 bits per heavy atom. The monoisotopic (exact) mass is 198 g/mol. The molecule has 1 aliphatic rings. The van der Waals surface area contributed by atoms with Crippen LogP contribution in [-0.4, -0.2) is 23.8 Å². The number of carbonyl (C=O) groups is 1. The minimum absolute atomic E-state index is 0.200. The number of hydrogen-bond donors (Lipinski definition) is 1. The molecule has 0 aromatic carbocycles. The van der Waals surface area contributed by atoms with Crippen molar-refractivity contribution in [2.45, 2.75) is 39.7 Å². The van der Waals surface area contributed by atoms with E-state index in [0.717, 1.165) is 12.0 Å². The minimum Gasteiger partial charge on any atom is -0.478 e. The molecule has 3 heteroatoms. The predicted octanol–water partition coefficient (Wildman–Crippen LogP) is 2.22. The van der Waals surface area contributed by atoms with Crippen LogP contribution in [0.3, 0.4) is 0 Å². The lowest BCUT2D eigenvalue weighted by Crippen LogP contribution is -2.12. The molecule has 1 rings (SSSR count). The molecule has 1 fully saturated rings. The van der Waals surface area contributed by atoms with Gasteiger partial charge in [-0.25, -0.2) is 4.79 Å². The second-order valence-corrected chi connectivity index (χ2v) is 4.04. The summed E-state index contributed by atoms with van der Waals surface area (Å²) in [6.07, 6.45) is 1.57. The van der Waals surface area contributed by atoms with Crippen molar-refractivity contribution in [1.29, 1.82) is 0 Å². The predicted molar refractivity (Wildman–Crippen MR) is 54.1 cm³/mol. The third kappa shape index (κ3) is 2.35. The van der Waals surface area contributed by atoms with Crippen LogP contribution in [0.15, 0.2) is 11.1 Å². The third-order valence-electron chi connectivity index (χ3n) is 2.70. The molecule has 1 unspecified atom stereocenters. The topological polar surface area (TPSA) is 46.5 Å². The van der Waals surface area contributed by atoms with Crippen LogP contribution in [0, 0.1) is 5.92 Å². The minimum atomic E-state index is -0.796.